The number of unbranched alkanes of at least 4 members (excludes halogenated alkanes) is 7. The van der Waals surface area contributed by atoms with Gasteiger partial charge in [-0.05, 0) is 25.7 Å². The van der Waals surface area contributed by atoms with Crippen LogP contribution in [0.5, 0.6) is 0 Å². The third-order valence-electron chi connectivity index (χ3n) is 3.70. The molecule has 0 saturated carbocycles. The third-order valence-corrected chi connectivity index (χ3v) is 3.70. The second-order valence-electron chi connectivity index (χ2n) is 5.85. The molecule has 0 aliphatic carbocycles. The Morgan fingerprint density at radius 3 is 2.32 bits per heavy atom. The van der Waals surface area contributed by atoms with E-state index in [-0.39, 0.29) is 12.2 Å². The average molecular weight is 312 g/mol. The molecule has 0 rings (SSSR count). The van der Waals surface area contributed by atoms with Gasteiger partial charge in [0.15, 0.2) is 5.78 Å². The van der Waals surface area contributed by atoms with Crippen LogP contribution in [0.3, 0.4) is 0 Å². The van der Waals surface area contributed by atoms with Gasteiger partial charge in [-0.15, -0.1) is 0 Å². The predicted molar refractivity (Wildman–Crippen MR) is 88.9 cm³/mol. The lowest BCUT2D eigenvalue weighted by molar-refractivity contribution is -0.137. The monoisotopic (exact) mass is 312 g/mol. The SMILES string of the molecule is CCCCC/C=C/CC(=O)C(O)CCCCCCCC(=O)O. The maximum absolute atomic E-state index is 11.7. The predicted octanol–water partition coefficient (Wildman–Crippen LogP) is 4.26. The molecule has 22 heavy (non-hydrogen) atoms. The van der Waals surface area contributed by atoms with Crippen LogP contribution in [0.2, 0.25) is 0 Å². The Hall–Kier alpha value is -1.16. The molecule has 0 saturated heterocycles. The summed E-state index contributed by atoms with van der Waals surface area (Å²) in [6.07, 6.45) is 13.0. The van der Waals surface area contributed by atoms with Gasteiger partial charge >= 0.3 is 5.97 Å². The van der Waals surface area contributed by atoms with Gasteiger partial charge in [-0.25, -0.2) is 0 Å². The van der Waals surface area contributed by atoms with E-state index in [1.54, 1.807) is 0 Å². The van der Waals surface area contributed by atoms with Gasteiger partial charge in [0.1, 0.15) is 6.10 Å². The lowest BCUT2D eigenvalue weighted by Gasteiger charge is -2.08. The van der Waals surface area contributed by atoms with Gasteiger partial charge < -0.3 is 10.2 Å². The molecule has 0 heterocycles. The van der Waals surface area contributed by atoms with E-state index in [2.05, 4.69) is 6.92 Å². The number of aliphatic hydroxyl groups is 1. The normalized spacial score (nSPS) is 12.6. The number of hydrogen-bond donors (Lipinski definition) is 2. The molecule has 4 heteroatoms. The molecule has 0 fully saturated rings. The fourth-order valence-corrected chi connectivity index (χ4v) is 2.27. The number of ketones is 1. The van der Waals surface area contributed by atoms with Crippen molar-refractivity contribution in [3.63, 3.8) is 0 Å². The maximum Gasteiger partial charge on any atom is 0.303 e. The van der Waals surface area contributed by atoms with Crippen LogP contribution in [0.4, 0.5) is 0 Å². The highest BCUT2D eigenvalue weighted by Crippen LogP contribution is 2.10. The molecule has 128 valence electrons. The van der Waals surface area contributed by atoms with E-state index in [1.165, 1.54) is 12.8 Å². The number of carboxylic acids is 1. The smallest absolute Gasteiger partial charge is 0.303 e. The lowest BCUT2D eigenvalue weighted by atomic mass is 10.0. The van der Waals surface area contributed by atoms with Gasteiger partial charge in [-0.3, -0.25) is 9.59 Å². The Morgan fingerprint density at radius 1 is 0.955 bits per heavy atom. The van der Waals surface area contributed by atoms with Gasteiger partial charge in [-0.1, -0.05) is 57.6 Å². The van der Waals surface area contributed by atoms with Crippen LogP contribution in [0.25, 0.3) is 0 Å². The van der Waals surface area contributed by atoms with E-state index in [9.17, 15) is 14.7 Å². The van der Waals surface area contributed by atoms with E-state index >= 15 is 0 Å². The molecule has 1 atom stereocenters. The number of rotatable bonds is 15. The van der Waals surface area contributed by atoms with Gasteiger partial charge in [0.2, 0.25) is 0 Å². The van der Waals surface area contributed by atoms with Crippen LogP contribution >= 0.6 is 0 Å². The molecule has 0 spiro atoms. The molecule has 0 aliphatic rings. The summed E-state index contributed by atoms with van der Waals surface area (Å²) < 4.78 is 0. The number of hydrogen-bond acceptors (Lipinski definition) is 3. The first-order valence-electron chi connectivity index (χ1n) is 8.65. The quantitative estimate of drug-likeness (QED) is 0.350. The fourth-order valence-electron chi connectivity index (χ4n) is 2.27. The van der Waals surface area contributed by atoms with Gasteiger partial charge in [0.05, 0.1) is 0 Å². The van der Waals surface area contributed by atoms with Crippen LogP contribution in [-0.2, 0) is 9.59 Å². The number of Topliss-reactive ketones (excluding diaryl/α,β-unsaturated/α-hetero) is 1. The van der Waals surface area contributed by atoms with E-state index < -0.39 is 12.1 Å². The summed E-state index contributed by atoms with van der Waals surface area (Å²) in [5.74, 6) is -0.846. The third kappa shape index (κ3) is 13.8. The second kappa shape index (κ2) is 14.8. The topological polar surface area (TPSA) is 74.6 Å². The minimum atomic E-state index is -0.848. The van der Waals surface area contributed by atoms with Crippen LogP contribution in [0.15, 0.2) is 12.2 Å². The number of carbonyl (C=O) groups is 2. The van der Waals surface area contributed by atoms with Crippen molar-refractivity contribution in [3.05, 3.63) is 12.2 Å². The summed E-state index contributed by atoms with van der Waals surface area (Å²) in [7, 11) is 0. The first kappa shape index (κ1) is 20.8. The van der Waals surface area contributed by atoms with E-state index in [1.807, 2.05) is 12.2 Å². The number of aliphatic hydroxyl groups excluding tert-OH is 1. The molecular weight excluding hydrogens is 280 g/mol. The van der Waals surface area contributed by atoms with Crippen molar-refractivity contribution >= 4 is 11.8 Å². The number of carboxylic acid groups (broad SMARTS) is 1. The zero-order valence-corrected chi connectivity index (χ0v) is 13.9. The molecule has 1 unspecified atom stereocenters. The summed E-state index contributed by atoms with van der Waals surface area (Å²) in [5, 5.41) is 18.3. The minimum absolute atomic E-state index is 0.0994. The molecule has 0 aromatic heterocycles. The fraction of sp³-hybridized carbons (Fsp3) is 0.778. The average Bonchev–Trinajstić information content (AvgIpc) is 2.49. The Bertz CT molecular complexity index is 323. The number of allylic oxidation sites excluding steroid dienone is 2. The highest BCUT2D eigenvalue weighted by atomic mass is 16.4. The molecule has 4 nitrogen and oxygen atoms in total. The number of aliphatic carboxylic acids is 1. The summed E-state index contributed by atoms with van der Waals surface area (Å²) in [5.41, 5.74) is 0. The van der Waals surface area contributed by atoms with Crippen LogP contribution in [0, 0.1) is 0 Å². The van der Waals surface area contributed by atoms with Gasteiger partial charge in [0.25, 0.3) is 0 Å². The molecule has 2 N–H and O–H groups in total. The Morgan fingerprint density at radius 2 is 1.64 bits per heavy atom. The molecule has 0 bridgehead atoms. The zero-order valence-electron chi connectivity index (χ0n) is 13.9. The van der Waals surface area contributed by atoms with Crippen LogP contribution in [-0.4, -0.2) is 28.1 Å². The molecule has 0 aromatic carbocycles. The first-order valence-corrected chi connectivity index (χ1v) is 8.65. The first-order chi connectivity index (χ1) is 10.6. The Kier molecular flexibility index (Phi) is 14.0. The highest BCUT2D eigenvalue weighted by Gasteiger charge is 2.12. The van der Waals surface area contributed by atoms with Crippen molar-refractivity contribution in [2.75, 3.05) is 0 Å². The van der Waals surface area contributed by atoms with Crippen LogP contribution in [0.1, 0.15) is 84.0 Å². The summed E-state index contributed by atoms with van der Waals surface area (Å²) >= 11 is 0. The van der Waals surface area contributed by atoms with Crippen LogP contribution < -0.4 is 0 Å². The molecule has 0 aromatic rings. The van der Waals surface area contributed by atoms with Crippen molar-refractivity contribution in [1.29, 1.82) is 0 Å². The van der Waals surface area contributed by atoms with Crippen molar-refractivity contribution in [1.82, 2.24) is 0 Å². The molecule has 0 amide bonds. The summed E-state index contributed by atoms with van der Waals surface area (Å²) in [6, 6.07) is 0. The van der Waals surface area contributed by atoms with Crippen molar-refractivity contribution in [2.24, 2.45) is 0 Å². The van der Waals surface area contributed by atoms with Crippen molar-refractivity contribution < 1.29 is 19.8 Å². The zero-order chi connectivity index (χ0) is 16.6. The van der Waals surface area contributed by atoms with E-state index in [4.69, 9.17) is 5.11 Å². The maximum atomic E-state index is 11.7. The Labute approximate surface area is 134 Å². The summed E-state index contributed by atoms with van der Waals surface area (Å²) in [4.78, 5) is 22.0. The lowest BCUT2D eigenvalue weighted by Crippen LogP contribution is -2.19. The van der Waals surface area contributed by atoms with Crippen molar-refractivity contribution in [3.8, 4) is 0 Å². The summed E-state index contributed by atoms with van der Waals surface area (Å²) in [6.45, 7) is 2.16. The van der Waals surface area contributed by atoms with Gasteiger partial charge in [-0.2, -0.15) is 0 Å². The number of carbonyl (C=O) groups excluding carboxylic acids is 1. The highest BCUT2D eigenvalue weighted by molar-refractivity contribution is 5.84. The largest absolute Gasteiger partial charge is 0.481 e. The minimum Gasteiger partial charge on any atom is -0.481 e. The van der Waals surface area contributed by atoms with Crippen molar-refractivity contribution in [2.45, 2.75) is 90.1 Å². The molecular formula is C18H32O4. The molecule has 0 aliphatic heterocycles. The Balaban J connectivity index is 3.51. The molecule has 0 radical (unpaired) electrons. The second-order valence-corrected chi connectivity index (χ2v) is 5.85. The van der Waals surface area contributed by atoms with Gasteiger partial charge in [0, 0.05) is 12.8 Å². The van der Waals surface area contributed by atoms with E-state index in [0.29, 0.717) is 19.3 Å². The van der Waals surface area contributed by atoms with E-state index in [0.717, 1.165) is 38.5 Å². The standard InChI is InChI=1S/C18H32O4/c1-2-3-4-5-7-10-13-16(19)17(20)14-11-8-6-9-12-15-18(21)22/h7,10,17,20H,2-6,8-9,11-15H2,1H3,(H,21,22)/b10-7+.